The largest absolute Gasteiger partial charge is 0.508 e. The number of para-hydroxylation sites is 1. The van der Waals surface area contributed by atoms with E-state index in [4.69, 9.17) is 24.9 Å². The summed E-state index contributed by atoms with van der Waals surface area (Å²) in [4.78, 5) is 18.0. The molecule has 0 saturated carbocycles. The average molecular weight is 228 g/mol. The van der Waals surface area contributed by atoms with Gasteiger partial charge in [0.15, 0.2) is 0 Å². The maximum absolute atomic E-state index is 9.00. The fraction of sp³-hybridized carbons (Fsp3) is 0.273. The van der Waals surface area contributed by atoms with Gasteiger partial charge >= 0.3 is 0 Å². The highest BCUT2D eigenvalue weighted by Gasteiger charge is 1.86. The fourth-order valence-electron chi connectivity index (χ4n) is 0.563. The lowest BCUT2D eigenvalue weighted by molar-refractivity contribution is -0.135. The SMILES string of the molecule is CC(=O)O.CC(=O)O.Cc1ccccc1O. The Labute approximate surface area is 94.0 Å². The molecule has 5 heteroatoms. The zero-order valence-electron chi connectivity index (χ0n) is 9.47. The minimum absolute atomic E-state index is 0.368. The van der Waals surface area contributed by atoms with Crippen LogP contribution in [0.5, 0.6) is 5.75 Å². The molecule has 1 aromatic rings. The molecule has 1 aromatic carbocycles. The monoisotopic (exact) mass is 228 g/mol. The molecule has 0 radical (unpaired) electrons. The number of aryl methyl sites for hydroxylation is 1. The highest BCUT2D eigenvalue weighted by atomic mass is 16.4. The van der Waals surface area contributed by atoms with Gasteiger partial charge in [0.1, 0.15) is 5.75 Å². The summed E-state index contributed by atoms with van der Waals surface area (Å²) in [6.45, 7) is 4.04. The number of carboxylic acid groups (broad SMARTS) is 2. The van der Waals surface area contributed by atoms with Crippen molar-refractivity contribution >= 4 is 11.9 Å². The molecule has 0 saturated heterocycles. The minimum atomic E-state index is -0.833. The number of hydrogen-bond donors (Lipinski definition) is 3. The molecular weight excluding hydrogens is 212 g/mol. The topological polar surface area (TPSA) is 94.8 Å². The number of carbonyl (C=O) groups is 2. The van der Waals surface area contributed by atoms with Gasteiger partial charge in [0.25, 0.3) is 11.9 Å². The molecule has 1 rings (SSSR count). The highest BCUT2D eigenvalue weighted by molar-refractivity contribution is 5.63. The second-order valence-corrected chi connectivity index (χ2v) is 2.82. The lowest BCUT2D eigenvalue weighted by Gasteiger charge is -1.92. The summed E-state index contributed by atoms with van der Waals surface area (Å²) < 4.78 is 0. The molecular formula is C11H16O5. The van der Waals surface area contributed by atoms with Gasteiger partial charge in [0.05, 0.1) is 0 Å². The number of carboxylic acids is 2. The van der Waals surface area contributed by atoms with E-state index in [2.05, 4.69) is 0 Å². The van der Waals surface area contributed by atoms with Crippen LogP contribution in [-0.2, 0) is 9.59 Å². The van der Waals surface area contributed by atoms with Crippen molar-refractivity contribution in [3.05, 3.63) is 29.8 Å². The minimum Gasteiger partial charge on any atom is -0.508 e. The van der Waals surface area contributed by atoms with E-state index in [1.54, 1.807) is 6.07 Å². The Morgan fingerprint density at radius 3 is 1.50 bits per heavy atom. The quantitative estimate of drug-likeness (QED) is 0.630. The van der Waals surface area contributed by atoms with Crippen LogP contribution in [-0.4, -0.2) is 27.3 Å². The second kappa shape index (κ2) is 9.51. The zero-order chi connectivity index (χ0) is 13.1. The lowest BCUT2D eigenvalue weighted by Crippen LogP contribution is -1.78. The summed E-state index contributed by atoms with van der Waals surface area (Å²) >= 11 is 0. The number of aromatic hydroxyl groups is 1. The van der Waals surface area contributed by atoms with E-state index in [1.165, 1.54) is 0 Å². The molecule has 5 nitrogen and oxygen atoms in total. The van der Waals surface area contributed by atoms with Crippen LogP contribution in [0.1, 0.15) is 19.4 Å². The first-order chi connectivity index (χ1) is 7.27. The van der Waals surface area contributed by atoms with Crippen LogP contribution in [0.15, 0.2) is 24.3 Å². The van der Waals surface area contributed by atoms with Crippen LogP contribution in [0.2, 0.25) is 0 Å². The van der Waals surface area contributed by atoms with Crippen molar-refractivity contribution in [1.82, 2.24) is 0 Å². The van der Waals surface area contributed by atoms with Crippen LogP contribution >= 0.6 is 0 Å². The van der Waals surface area contributed by atoms with Gasteiger partial charge in [-0.2, -0.15) is 0 Å². The Hall–Kier alpha value is -2.04. The van der Waals surface area contributed by atoms with E-state index in [1.807, 2.05) is 25.1 Å². The van der Waals surface area contributed by atoms with E-state index in [9.17, 15) is 0 Å². The summed E-state index contributed by atoms with van der Waals surface area (Å²) in [6.07, 6.45) is 0. The molecule has 0 spiro atoms. The van der Waals surface area contributed by atoms with Crippen molar-refractivity contribution in [2.24, 2.45) is 0 Å². The Morgan fingerprint density at radius 2 is 1.31 bits per heavy atom. The molecule has 0 aliphatic carbocycles. The normalized spacial score (nSPS) is 7.69. The van der Waals surface area contributed by atoms with E-state index in [0.29, 0.717) is 5.75 Å². The van der Waals surface area contributed by atoms with Gasteiger partial charge in [0.2, 0.25) is 0 Å². The van der Waals surface area contributed by atoms with E-state index < -0.39 is 11.9 Å². The Balaban J connectivity index is 0. The van der Waals surface area contributed by atoms with Crippen molar-refractivity contribution in [1.29, 1.82) is 0 Å². The third-order valence-corrected chi connectivity index (χ3v) is 1.12. The van der Waals surface area contributed by atoms with Gasteiger partial charge in [0, 0.05) is 13.8 Å². The van der Waals surface area contributed by atoms with Crippen LogP contribution in [0.4, 0.5) is 0 Å². The van der Waals surface area contributed by atoms with Crippen molar-refractivity contribution in [3.8, 4) is 5.75 Å². The molecule has 0 aliphatic rings. The fourth-order valence-corrected chi connectivity index (χ4v) is 0.563. The van der Waals surface area contributed by atoms with Crippen LogP contribution in [0, 0.1) is 6.92 Å². The summed E-state index contributed by atoms with van der Waals surface area (Å²) in [7, 11) is 0. The summed E-state index contributed by atoms with van der Waals surface area (Å²) in [5.41, 5.74) is 0.924. The van der Waals surface area contributed by atoms with Crippen molar-refractivity contribution in [3.63, 3.8) is 0 Å². The molecule has 0 aromatic heterocycles. The number of hydrogen-bond acceptors (Lipinski definition) is 3. The molecule has 0 unspecified atom stereocenters. The number of phenolic OH excluding ortho intramolecular Hbond substituents is 1. The molecule has 0 atom stereocenters. The van der Waals surface area contributed by atoms with E-state index >= 15 is 0 Å². The molecule has 3 N–H and O–H groups in total. The van der Waals surface area contributed by atoms with Crippen LogP contribution in [0.25, 0.3) is 0 Å². The molecule has 0 bridgehead atoms. The van der Waals surface area contributed by atoms with Crippen molar-refractivity contribution in [2.45, 2.75) is 20.8 Å². The smallest absolute Gasteiger partial charge is 0.300 e. The molecule has 0 aliphatic heterocycles. The molecule has 16 heavy (non-hydrogen) atoms. The molecule has 0 fully saturated rings. The maximum atomic E-state index is 9.00. The Kier molecular flexibility index (Phi) is 9.75. The Morgan fingerprint density at radius 1 is 1.00 bits per heavy atom. The van der Waals surface area contributed by atoms with Gasteiger partial charge < -0.3 is 15.3 Å². The third kappa shape index (κ3) is 17.9. The predicted molar refractivity (Wildman–Crippen MR) is 59.5 cm³/mol. The first-order valence-electron chi connectivity index (χ1n) is 4.41. The lowest BCUT2D eigenvalue weighted by atomic mass is 10.2. The van der Waals surface area contributed by atoms with E-state index in [-0.39, 0.29) is 0 Å². The molecule has 0 heterocycles. The Bertz CT molecular complexity index is 292. The van der Waals surface area contributed by atoms with Gasteiger partial charge in [-0.05, 0) is 18.6 Å². The number of phenols is 1. The number of benzene rings is 1. The highest BCUT2D eigenvalue weighted by Crippen LogP contribution is 2.12. The van der Waals surface area contributed by atoms with Gasteiger partial charge in [-0.3, -0.25) is 9.59 Å². The zero-order valence-corrected chi connectivity index (χ0v) is 9.47. The summed E-state index contributed by atoms with van der Waals surface area (Å²) in [5.74, 6) is -1.30. The predicted octanol–water partition coefficient (Wildman–Crippen LogP) is 1.88. The molecule has 90 valence electrons. The van der Waals surface area contributed by atoms with Crippen molar-refractivity contribution < 1.29 is 24.9 Å². The second-order valence-electron chi connectivity index (χ2n) is 2.82. The standard InChI is InChI=1S/C7H8O.2C2H4O2/c1-6-4-2-3-5-7(6)8;2*1-2(3)4/h2-5,8H,1H3;2*1H3,(H,3,4). The third-order valence-electron chi connectivity index (χ3n) is 1.12. The van der Waals surface area contributed by atoms with Gasteiger partial charge in [-0.25, -0.2) is 0 Å². The van der Waals surface area contributed by atoms with E-state index in [0.717, 1.165) is 19.4 Å². The summed E-state index contributed by atoms with van der Waals surface area (Å²) in [5, 5.41) is 23.8. The first kappa shape index (κ1) is 16.4. The van der Waals surface area contributed by atoms with Gasteiger partial charge in [-0.1, -0.05) is 18.2 Å². The van der Waals surface area contributed by atoms with Crippen molar-refractivity contribution in [2.75, 3.05) is 0 Å². The summed E-state index contributed by atoms with van der Waals surface area (Å²) in [6, 6.07) is 7.25. The van der Waals surface area contributed by atoms with Crippen LogP contribution < -0.4 is 0 Å². The van der Waals surface area contributed by atoms with Crippen LogP contribution in [0.3, 0.4) is 0 Å². The first-order valence-corrected chi connectivity index (χ1v) is 4.41. The average Bonchev–Trinajstić information content (AvgIpc) is 2.08. The number of aliphatic carboxylic acids is 2. The maximum Gasteiger partial charge on any atom is 0.300 e. The van der Waals surface area contributed by atoms with Gasteiger partial charge in [-0.15, -0.1) is 0 Å². The molecule has 0 amide bonds. The number of rotatable bonds is 0.